The molecule has 0 aromatic heterocycles. The number of nitrogens with two attached hydrogens (primary N) is 1. The Morgan fingerprint density at radius 3 is 2.80 bits per heavy atom. The molecule has 112 valence electrons. The molecular formula is C14H22N2O4. The third kappa shape index (κ3) is 4.80. The van der Waals surface area contributed by atoms with Crippen LogP contribution in [0.4, 0.5) is 5.69 Å². The van der Waals surface area contributed by atoms with Crippen molar-refractivity contribution < 1.29 is 19.4 Å². The van der Waals surface area contributed by atoms with Crippen LogP contribution >= 0.6 is 0 Å². The molecule has 1 aromatic carbocycles. The number of aliphatic hydroxyl groups is 1. The van der Waals surface area contributed by atoms with Gasteiger partial charge in [0.05, 0.1) is 25.7 Å². The fraction of sp³-hybridized carbons (Fsp3) is 0.500. The molecule has 0 heterocycles. The van der Waals surface area contributed by atoms with Gasteiger partial charge in [0.2, 0.25) is 5.91 Å². The summed E-state index contributed by atoms with van der Waals surface area (Å²) in [7, 11) is 1.52. The number of amides is 1. The molecule has 0 aliphatic heterocycles. The molecule has 0 fully saturated rings. The summed E-state index contributed by atoms with van der Waals surface area (Å²) in [5.41, 5.74) is 6.71. The molecule has 0 bridgehead atoms. The Hall–Kier alpha value is -1.63. The zero-order valence-electron chi connectivity index (χ0n) is 11.9. The van der Waals surface area contributed by atoms with E-state index in [9.17, 15) is 9.90 Å². The summed E-state index contributed by atoms with van der Waals surface area (Å²) >= 11 is 0. The molecule has 1 unspecified atom stereocenters. The fourth-order valence-electron chi connectivity index (χ4n) is 1.76. The van der Waals surface area contributed by atoms with Crippen molar-refractivity contribution in [2.75, 3.05) is 25.6 Å². The number of nitrogens with one attached hydrogen (secondary N) is 1. The highest BCUT2D eigenvalue weighted by Crippen LogP contribution is 2.23. The van der Waals surface area contributed by atoms with Crippen LogP contribution in [0, 0.1) is 0 Å². The van der Waals surface area contributed by atoms with Crippen LogP contribution in [0.5, 0.6) is 5.75 Å². The molecule has 0 saturated heterocycles. The maximum Gasteiger partial charge on any atom is 0.227 e. The molecule has 1 aromatic rings. The Kier molecular flexibility index (Phi) is 7.00. The molecule has 0 aliphatic rings. The minimum Gasteiger partial charge on any atom is -0.494 e. The van der Waals surface area contributed by atoms with Crippen LogP contribution in [0.1, 0.15) is 18.9 Å². The molecule has 0 aliphatic carbocycles. The van der Waals surface area contributed by atoms with Crippen LogP contribution in [0.3, 0.4) is 0 Å². The summed E-state index contributed by atoms with van der Waals surface area (Å²) in [5, 5.41) is 12.0. The highest BCUT2D eigenvalue weighted by molar-refractivity contribution is 5.91. The number of carbonyl (C=O) groups is 1. The van der Waals surface area contributed by atoms with Crippen LogP contribution in [0.25, 0.3) is 0 Å². The predicted octanol–water partition coefficient (Wildman–Crippen LogP) is 0.880. The second-order valence-electron chi connectivity index (χ2n) is 4.26. The Bertz CT molecular complexity index is 433. The van der Waals surface area contributed by atoms with E-state index in [4.69, 9.17) is 15.2 Å². The first kappa shape index (κ1) is 16.4. The van der Waals surface area contributed by atoms with Gasteiger partial charge in [-0.15, -0.1) is 0 Å². The van der Waals surface area contributed by atoms with Crippen LogP contribution in [0.15, 0.2) is 18.2 Å². The average Bonchev–Trinajstić information content (AvgIpc) is 2.46. The van der Waals surface area contributed by atoms with Crippen molar-refractivity contribution in [3.63, 3.8) is 0 Å². The van der Waals surface area contributed by atoms with Crippen LogP contribution in [-0.2, 0) is 16.1 Å². The first-order valence-electron chi connectivity index (χ1n) is 6.53. The van der Waals surface area contributed by atoms with Gasteiger partial charge in [0.15, 0.2) is 0 Å². The molecule has 0 saturated carbocycles. The predicted molar refractivity (Wildman–Crippen MR) is 76.6 cm³/mol. The molecule has 0 radical (unpaired) electrons. The number of anilines is 1. The van der Waals surface area contributed by atoms with Crippen molar-refractivity contribution in [1.82, 2.24) is 0 Å². The molecule has 1 amide bonds. The van der Waals surface area contributed by atoms with Gasteiger partial charge in [-0.25, -0.2) is 0 Å². The van der Waals surface area contributed by atoms with Gasteiger partial charge in [-0.3, -0.25) is 4.79 Å². The van der Waals surface area contributed by atoms with Gasteiger partial charge in [-0.05, 0) is 25.1 Å². The van der Waals surface area contributed by atoms with E-state index in [0.29, 0.717) is 23.6 Å². The number of methoxy groups -OCH3 is 1. The van der Waals surface area contributed by atoms with E-state index in [1.807, 2.05) is 6.92 Å². The third-order valence-corrected chi connectivity index (χ3v) is 2.82. The van der Waals surface area contributed by atoms with Gasteiger partial charge >= 0.3 is 0 Å². The van der Waals surface area contributed by atoms with Crippen molar-refractivity contribution in [2.24, 2.45) is 5.73 Å². The van der Waals surface area contributed by atoms with Gasteiger partial charge in [-0.2, -0.15) is 0 Å². The quantitative estimate of drug-likeness (QED) is 0.658. The zero-order chi connectivity index (χ0) is 15.0. The normalized spacial score (nSPS) is 12.0. The van der Waals surface area contributed by atoms with Crippen molar-refractivity contribution in [2.45, 2.75) is 26.1 Å². The monoisotopic (exact) mass is 282 g/mol. The number of aliphatic hydroxyl groups excluding tert-OH is 1. The topological polar surface area (TPSA) is 93.8 Å². The van der Waals surface area contributed by atoms with Gasteiger partial charge in [-0.1, -0.05) is 0 Å². The smallest absolute Gasteiger partial charge is 0.227 e. The number of rotatable bonds is 8. The Balaban J connectivity index is 2.70. The fourth-order valence-corrected chi connectivity index (χ4v) is 1.76. The summed E-state index contributed by atoms with van der Waals surface area (Å²) in [4.78, 5) is 11.8. The second-order valence-corrected chi connectivity index (χ2v) is 4.26. The molecular weight excluding hydrogens is 260 g/mol. The lowest BCUT2D eigenvalue weighted by atomic mass is 10.1. The number of hydrogen-bond donors (Lipinski definition) is 3. The van der Waals surface area contributed by atoms with Crippen molar-refractivity contribution >= 4 is 11.6 Å². The minimum absolute atomic E-state index is 0.150. The minimum atomic E-state index is -0.296. The van der Waals surface area contributed by atoms with E-state index in [1.54, 1.807) is 18.2 Å². The SMILES string of the molecule is CCOc1ccc(NC(=O)CC(CN)OC)cc1CO. The summed E-state index contributed by atoms with van der Waals surface area (Å²) in [6.07, 6.45) is -0.107. The summed E-state index contributed by atoms with van der Waals surface area (Å²) in [5.74, 6) is 0.431. The van der Waals surface area contributed by atoms with Crippen LogP contribution < -0.4 is 15.8 Å². The highest BCUT2D eigenvalue weighted by Gasteiger charge is 2.12. The molecule has 1 rings (SSSR count). The van der Waals surface area contributed by atoms with E-state index in [2.05, 4.69) is 5.32 Å². The molecule has 0 spiro atoms. The number of ether oxygens (including phenoxy) is 2. The van der Waals surface area contributed by atoms with Gasteiger partial charge in [0.25, 0.3) is 0 Å². The van der Waals surface area contributed by atoms with E-state index < -0.39 is 0 Å². The maximum absolute atomic E-state index is 11.8. The zero-order valence-corrected chi connectivity index (χ0v) is 11.9. The largest absolute Gasteiger partial charge is 0.494 e. The second kappa shape index (κ2) is 8.52. The lowest BCUT2D eigenvalue weighted by molar-refractivity contribution is -0.118. The summed E-state index contributed by atoms with van der Waals surface area (Å²) in [6.45, 7) is 2.52. The number of benzene rings is 1. The van der Waals surface area contributed by atoms with Crippen LogP contribution in [-0.4, -0.2) is 37.4 Å². The van der Waals surface area contributed by atoms with Crippen LogP contribution in [0.2, 0.25) is 0 Å². The van der Waals surface area contributed by atoms with Gasteiger partial charge in [0, 0.05) is 24.9 Å². The summed E-state index contributed by atoms with van der Waals surface area (Å²) in [6, 6.07) is 5.14. The van der Waals surface area contributed by atoms with E-state index >= 15 is 0 Å². The van der Waals surface area contributed by atoms with Crippen molar-refractivity contribution in [3.05, 3.63) is 23.8 Å². The molecule has 1 atom stereocenters. The third-order valence-electron chi connectivity index (χ3n) is 2.82. The molecule has 6 heteroatoms. The summed E-state index contributed by atoms with van der Waals surface area (Å²) < 4.78 is 10.4. The standard InChI is InChI=1S/C14H22N2O4/c1-3-20-13-5-4-11(6-10(13)9-17)16-14(18)7-12(8-15)19-2/h4-6,12,17H,3,7-9,15H2,1-2H3,(H,16,18). The van der Waals surface area contributed by atoms with Crippen molar-refractivity contribution in [3.8, 4) is 5.75 Å². The lowest BCUT2D eigenvalue weighted by Crippen LogP contribution is -2.28. The van der Waals surface area contributed by atoms with E-state index in [0.717, 1.165) is 0 Å². The van der Waals surface area contributed by atoms with Gasteiger partial charge < -0.3 is 25.6 Å². The Morgan fingerprint density at radius 2 is 2.25 bits per heavy atom. The lowest BCUT2D eigenvalue weighted by Gasteiger charge is -2.14. The molecule has 4 N–H and O–H groups in total. The first-order valence-corrected chi connectivity index (χ1v) is 6.53. The average molecular weight is 282 g/mol. The Labute approximate surface area is 118 Å². The van der Waals surface area contributed by atoms with Gasteiger partial charge in [0.1, 0.15) is 5.75 Å². The number of carbonyl (C=O) groups excluding carboxylic acids is 1. The highest BCUT2D eigenvalue weighted by atomic mass is 16.5. The Morgan fingerprint density at radius 1 is 1.50 bits per heavy atom. The van der Waals surface area contributed by atoms with E-state index in [1.165, 1.54) is 7.11 Å². The molecule has 6 nitrogen and oxygen atoms in total. The maximum atomic E-state index is 11.8. The first-order chi connectivity index (χ1) is 9.64. The molecule has 20 heavy (non-hydrogen) atoms. The van der Waals surface area contributed by atoms with Crippen molar-refractivity contribution in [1.29, 1.82) is 0 Å². The number of hydrogen-bond acceptors (Lipinski definition) is 5. The van der Waals surface area contributed by atoms with E-state index in [-0.39, 0.29) is 31.6 Å².